The van der Waals surface area contributed by atoms with Gasteiger partial charge in [-0.15, -0.1) is 11.3 Å². The summed E-state index contributed by atoms with van der Waals surface area (Å²) in [5.41, 5.74) is 0. The Balaban J connectivity index is 2.21. The molecule has 1 aromatic rings. The molecule has 0 amide bonds. The summed E-state index contributed by atoms with van der Waals surface area (Å²) in [6, 6.07) is 4.11. The molecule has 15 heavy (non-hydrogen) atoms. The third kappa shape index (κ3) is 5.55. The van der Waals surface area contributed by atoms with E-state index in [0.29, 0.717) is 5.92 Å². The van der Waals surface area contributed by atoms with Crippen molar-refractivity contribution in [2.45, 2.75) is 27.2 Å². The minimum Gasteiger partial charge on any atom is -0.316 e. The molecule has 1 nitrogen and oxygen atoms in total. The lowest BCUT2D eigenvalue weighted by Crippen LogP contribution is -2.25. The van der Waals surface area contributed by atoms with Gasteiger partial charge >= 0.3 is 0 Å². The van der Waals surface area contributed by atoms with Crippen LogP contribution in [0.4, 0.5) is 0 Å². The molecular weight excluding hydrogens is 226 g/mol. The number of halogens is 1. The van der Waals surface area contributed by atoms with E-state index in [0.717, 1.165) is 29.8 Å². The van der Waals surface area contributed by atoms with Crippen LogP contribution in [0.3, 0.4) is 0 Å². The van der Waals surface area contributed by atoms with Crippen molar-refractivity contribution in [2.75, 3.05) is 13.1 Å². The van der Waals surface area contributed by atoms with Crippen molar-refractivity contribution >= 4 is 22.9 Å². The van der Waals surface area contributed by atoms with Gasteiger partial charge in [0, 0.05) is 4.88 Å². The molecule has 0 saturated heterocycles. The highest BCUT2D eigenvalue weighted by Crippen LogP contribution is 2.23. The second kappa shape index (κ2) is 6.51. The van der Waals surface area contributed by atoms with Gasteiger partial charge in [0.25, 0.3) is 0 Å². The van der Waals surface area contributed by atoms with Gasteiger partial charge in [0.1, 0.15) is 0 Å². The van der Waals surface area contributed by atoms with Crippen molar-refractivity contribution in [1.82, 2.24) is 5.32 Å². The van der Waals surface area contributed by atoms with Crippen molar-refractivity contribution in [2.24, 2.45) is 11.8 Å². The first-order valence-electron chi connectivity index (χ1n) is 5.53. The second-order valence-corrected chi connectivity index (χ2v) is 6.37. The Kier molecular flexibility index (Phi) is 5.65. The van der Waals surface area contributed by atoms with E-state index in [1.165, 1.54) is 4.88 Å². The van der Waals surface area contributed by atoms with E-state index in [9.17, 15) is 0 Å². The monoisotopic (exact) mass is 245 g/mol. The fraction of sp³-hybridized carbons (Fsp3) is 0.667. The second-order valence-electron chi connectivity index (χ2n) is 4.57. The lowest BCUT2D eigenvalue weighted by atomic mass is 10.1. The highest BCUT2D eigenvalue weighted by Gasteiger charge is 2.05. The minimum absolute atomic E-state index is 0.679. The first-order valence-corrected chi connectivity index (χ1v) is 6.72. The molecule has 1 aromatic heterocycles. The largest absolute Gasteiger partial charge is 0.316 e. The molecule has 1 heterocycles. The Hall–Kier alpha value is -0.0500. The number of hydrogen-bond donors (Lipinski definition) is 1. The van der Waals surface area contributed by atoms with Crippen LogP contribution < -0.4 is 5.32 Å². The van der Waals surface area contributed by atoms with Crippen LogP contribution in [0.5, 0.6) is 0 Å². The van der Waals surface area contributed by atoms with Crippen molar-refractivity contribution in [3.63, 3.8) is 0 Å². The zero-order valence-electron chi connectivity index (χ0n) is 9.72. The number of rotatable bonds is 6. The molecule has 3 heteroatoms. The molecule has 0 bridgehead atoms. The zero-order chi connectivity index (χ0) is 11.3. The normalized spacial score (nSPS) is 13.4. The predicted octanol–water partition coefficient (Wildman–Crippen LogP) is 3.83. The Morgan fingerprint density at radius 2 is 2.00 bits per heavy atom. The summed E-state index contributed by atoms with van der Waals surface area (Å²) < 4.78 is 0.896. The minimum atomic E-state index is 0.679. The van der Waals surface area contributed by atoms with Crippen LogP contribution in [-0.2, 0) is 6.42 Å². The molecule has 1 atom stereocenters. The van der Waals surface area contributed by atoms with E-state index >= 15 is 0 Å². The molecule has 0 radical (unpaired) electrons. The molecule has 0 aliphatic heterocycles. The lowest BCUT2D eigenvalue weighted by molar-refractivity contribution is 0.475. The fourth-order valence-corrected chi connectivity index (χ4v) is 2.75. The molecule has 1 rings (SSSR count). The van der Waals surface area contributed by atoms with Crippen LogP contribution in [0, 0.1) is 11.8 Å². The summed E-state index contributed by atoms with van der Waals surface area (Å²) >= 11 is 7.59. The SMILES string of the molecule is CC(C)CNCC(C)Cc1ccc(Cl)s1. The highest BCUT2D eigenvalue weighted by atomic mass is 35.5. The van der Waals surface area contributed by atoms with Crippen molar-refractivity contribution in [3.8, 4) is 0 Å². The lowest BCUT2D eigenvalue weighted by Gasteiger charge is -2.12. The molecule has 0 aromatic carbocycles. The van der Waals surface area contributed by atoms with Crippen LogP contribution in [0.25, 0.3) is 0 Å². The molecule has 0 aliphatic carbocycles. The standard InChI is InChI=1S/C12H20ClNS/c1-9(2)7-14-8-10(3)6-11-4-5-12(13)15-11/h4-5,9-10,14H,6-8H2,1-3H3. The van der Waals surface area contributed by atoms with E-state index in [1.54, 1.807) is 11.3 Å². The predicted molar refractivity (Wildman–Crippen MR) is 69.9 cm³/mol. The zero-order valence-corrected chi connectivity index (χ0v) is 11.3. The summed E-state index contributed by atoms with van der Waals surface area (Å²) in [7, 11) is 0. The van der Waals surface area contributed by atoms with Crippen LogP contribution in [0.15, 0.2) is 12.1 Å². The van der Waals surface area contributed by atoms with Gasteiger partial charge in [-0.05, 0) is 43.5 Å². The molecule has 1 unspecified atom stereocenters. The van der Waals surface area contributed by atoms with Crippen LogP contribution in [-0.4, -0.2) is 13.1 Å². The summed E-state index contributed by atoms with van der Waals surface area (Å²) in [4.78, 5) is 1.39. The van der Waals surface area contributed by atoms with Crippen molar-refractivity contribution < 1.29 is 0 Å². The van der Waals surface area contributed by atoms with Gasteiger partial charge in [-0.25, -0.2) is 0 Å². The number of nitrogens with one attached hydrogen (secondary N) is 1. The van der Waals surface area contributed by atoms with E-state index in [2.05, 4.69) is 32.2 Å². The van der Waals surface area contributed by atoms with Gasteiger partial charge in [0.2, 0.25) is 0 Å². The van der Waals surface area contributed by atoms with E-state index in [1.807, 2.05) is 6.07 Å². The summed E-state index contributed by atoms with van der Waals surface area (Å²) in [5.74, 6) is 1.41. The molecule has 0 aliphatic rings. The fourth-order valence-electron chi connectivity index (χ4n) is 1.50. The summed E-state index contributed by atoms with van der Waals surface area (Å²) in [6.45, 7) is 8.94. The molecule has 0 spiro atoms. The van der Waals surface area contributed by atoms with Gasteiger partial charge in [-0.2, -0.15) is 0 Å². The maximum atomic E-state index is 5.89. The van der Waals surface area contributed by atoms with E-state index in [4.69, 9.17) is 11.6 Å². The van der Waals surface area contributed by atoms with Gasteiger partial charge < -0.3 is 5.32 Å². The first kappa shape index (κ1) is 13.0. The average molecular weight is 246 g/mol. The Labute approximate surface area is 102 Å². The van der Waals surface area contributed by atoms with E-state index in [-0.39, 0.29) is 0 Å². The van der Waals surface area contributed by atoms with Crippen molar-refractivity contribution in [1.29, 1.82) is 0 Å². The quantitative estimate of drug-likeness (QED) is 0.804. The maximum Gasteiger partial charge on any atom is 0.0931 e. The highest BCUT2D eigenvalue weighted by molar-refractivity contribution is 7.16. The topological polar surface area (TPSA) is 12.0 Å². The third-order valence-corrected chi connectivity index (χ3v) is 3.48. The first-order chi connectivity index (χ1) is 7.08. The maximum absolute atomic E-state index is 5.89. The molecule has 0 fully saturated rings. The van der Waals surface area contributed by atoms with Crippen LogP contribution >= 0.6 is 22.9 Å². The van der Waals surface area contributed by atoms with Gasteiger partial charge in [0.05, 0.1) is 4.34 Å². The molecule has 86 valence electrons. The summed E-state index contributed by atoms with van der Waals surface area (Å²) in [6.07, 6.45) is 1.13. The smallest absolute Gasteiger partial charge is 0.0931 e. The number of hydrogen-bond acceptors (Lipinski definition) is 2. The molecular formula is C12H20ClNS. The average Bonchev–Trinajstić information content (AvgIpc) is 2.50. The van der Waals surface area contributed by atoms with E-state index < -0.39 is 0 Å². The van der Waals surface area contributed by atoms with Gasteiger partial charge in [-0.1, -0.05) is 32.4 Å². The molecule has 1 N–H and O–H groups in total. The van der Waals surface area contributed by atoms with Crippen molar-refractivity contribution in [3.05, 3.63) is 21.3 Å². The Morgan fingerprint density at radius 1 is 1.27 bits per heavy atom. The summed E-state index contributed by atoms with van der Waals surface area (Å²) in [5, 5.41) is 3.48. The van der Waals surface area contributed by atoms with Crippen LogP contribution in [0.1, 0.15) is 25.6 Å². The number of thiophene rings is 1. The molecule has 0 saturated carbocycles. The Bertz CT molecular complexity index is 283. The van der Waals surface area contributed by atoms with Gasteiger partial charge in [0.15, 0.2) is 0 Å². The third-order valence-electron chi connectivity index (χ3n) is 2.22. The van der Waals surface area contributed by atoms with Crippen LogP contribution in [0.2, 0.25) is 4.34 Å². The Morgan fingerprint density at radius 3 is 2.53 bits per heavy atom. The van der Waals surface area contributed by atoms with Gasteiger partial charge in [-0.3, -0.25) is 0 Å².